The van der Waals surface area contributed by atoms with Gasteiger partial charge in [-0.15, -0.1) is 0 Å². The van der Waals surface area contributed by atoms with Gasteiger partial charge in [0, 0.05) is 41.8 Å². The summed E-state index contributed by atoms with van der Waals surface area (Å²) < 4.78 is 14.3. The molecule has 0 saturated carbocycles. The Balaban J connectivity index is 1.63. The fourth-order valence-corrected chi connectivity index (χ4v) is 3.48. The van der Waals surface area contributed by atoms with Crippen molar-refractivity contribution < 1.29 is 14.0 Å². The lowest BCUT2D eigenvalue weighted by Crippen LogP contribution is -2.19. The van der Waals surface area contributed by atoms with Crippen LogP contribution in [-0.4, -0.2) is 44.0 Å². The summed E-state index contributed by atoms with van der Waals surface area (Å²) in [5.41, 5.74) is 2.88. The van der Waals surface area contributed by atoms with Crippen molar-refractivity contribution in [2.24, 2.45) is 0 Å². The van der Waals surface area contributed by atoms with E-state index in [2.05, 4.69) is 35.8 Å². The zero-order valence-corrected chi connectivity index (χ0v) is 20.2. The summed E-state index contributed by atoms with van der Waals surface area (Å²) in [6, 6.07) is 9.96. The van der Waals surface area contributed by atoms with Gasteiger partial charge in [-0.2, -0.15) is 10.2 Å². The fraction of sp³-hybridized carbons (Fsp3) is 0.192. The lowest BCUT2D eigenvalue weighted by molar-refractivity contribution is 0.0957. The van der Waals surface area contributed by atoms with Crippen LogP contribution in [0.1, 0.15) is 46.1 Å². The fourth-order valence-electron chi connectivity index (χ4n) is 3.48. The lowest BCUT2D eigenvalue weighted by Gasteiger charge is -2.14. The number of nitrogens with zero attached hydrogens (tertiary/aromatic N) is 5. The number of alkyl halides is 1. The first-order chi connectivity index (χ1) is 17.2. The van der Waals surface area contributed by atoms with Gasteiger partial charge in [-0.05, 0) is 62.7 Å². The number of pyridine rings is 3. The average molecular weight is 486 g/mol. The van der Waals surface area contributed by atoms with Crippen LogP contribution in [0.5, 0.6) is 0 Å². The predicted molar refractivity (Wildman–Crippen MR) is 133 cm³/mol. The molecule has 0 unspecified atom stereocenters. The number of aryl methyl sites for hydroxylation is 1. The van der Waals surface area contributed by atoms with Crippen LogP contribution < -0.4 is 10.6 Å². The summed E-state index contributed by atoms with van der Waals surface area (Å²) in [4.78, 5) is 37.3. The SMILES string of the molecule is CNC(=O)c1cc(-c2cnnc(-c3cc(NC(=O)c4ccnc(C(C)(C)F)c4)cnc3C)c2)ccn1. The summed E-state index contributed by atoms with van der Waals surface area (Å²) in [5.74, 6) is -0.711. The highest BCUT2D eigenvalue weighted by Crippen LogP contribution is 2.28. The Bertz CT molecular complexity index is 1450. The molecule has 0 aliphatic heterocycles. The Morgan fingerprint density at radius 2 is 1.69 bits per heavy atom. The molecule has 182 valence electrons. The van der Waals surface area contributed by atoms with E-state index < -0.39 is 11.6 Å². The van der Waals surface area contributed by atoms with Gasteiger partial charge in [0.05, 0.1) is 29.5 Å². The van der Waals surface area contributed by atoms with Crippen LogP contribution in [0, 0.1) is 6.92 Å². The third kappa shape index (κ3) is 5.38. The van der Waals surface area contributed by atoms with E-state index in [0.29, 0.717) is 22.6 Å². The first kappa shape index (κ1) is 24.5. The van der Waals surface area contributed by atoms with Crippen LogP contribution in [0.2, 0.25) is 0 Å². The average Bonchev–Trinajstić information content (AvgIpc) is 2.89. The maximum atomic E-state index is 14.3. The second-order valence-electron chi connectivity index (χ2n) is 8.55. The van der Waals surface area contributed by atoms with E-state index in [1.165, 1.54) is 38.4 Å². The van der Waals surface area contributed by atoms with Gasteiger partial charge < -0.3 is 10.6 Å². The molecule has 0 saturated heterocycles. The molecule has 4 aromatic heterocycles. The zero-order chi connectivity index (χ0) is 25.9. The topological polar surface area (TPSA) is 123 Å². The van der Waals surface area contributed by atoms with E-state index in [4.69, 9.17) is 0 Å². The Kier molecular flexibility index (Phi) is 6.77. The van der Waals surface area contributed by atoms with Gasteiger partial charge >= 0.3 is 0 Å². The molecule has 9 nitrogen and oxygen atoms in total. The Morgan fingerprint density at radius 1 is 0.917 bits per heavy atom. The van der Waals surface area contributed by atoms with Gasteiger partial charge in [0.25, 0.3) is 11.8 Å². The summed E-state index contributed by atoms with van der Waals surface area (Å²) in [7, 11) is 1.54. The van der Waals surface area contributed by atoms with Crippen molar-refractivity contribution in [2.75, 3.05) is 12.4 Å². The van der Waals surface area contributed by atoms with E-state index in [1.54, 1.807) is 37.6 Å². The molecule has 4 aromatic rings. The van der Waals surface area contributed by atoms with E-state index >= 15 is 0 Å². The normalized spacial score (nSPS) is 11.1. The molecular formula is C26H24FN7O2. The number of carbonyl (C=O) groups is 2. The van der Waals surface area contributed by atoms with Crippen molar-refractivity contribution in [3.8, 4) is 22.4 Å². The maximum Gasteiger partial charge on any atom is 0.269 e. The number of carbonyl (C=O) groups excluding carboxylic acids is 2. The Labute approximate surface area is 207 Å². The lowest BCUT2D eigenvalue weighted by atomic mass is 10.0. The number of amides is 2. The molecule has 4 rings (SSSR count). The molecule has 0 fully saturated rings. The molecule has 0 radical (unpaired) electrons. The number of hydrogen-bond acceptors (Lipinski definition) is 7. The Hall–Kier alpha value is -4.60. The molecule has 36 heavy (non-hydrogen) atoms. The maximum absolute atomic E-state index is 14.3. The Morgan fingerprint density at radius 3 is 2.44 bits per heavy atom. The van der Waals surface area contributed by atoms with Gasteiger partial charge in [-0.1, -0.05) is 0 Å². The molecule has 0 aliphatic rings. The van der Waals surface area contributed by atoms with Crippen molar-refractivity contribution in [2.45, 2.75) is 26.4 Å². The number of aromatic nitrogens is 5. The summed E-state index contributed by atoms with van der Waals surface area (Å²) in [6.07, 6.45) is 6.08. The van der Waals surface area contributed by atoms with Gasteiger partial charge in [-0.25, -0.2) is 4.39 Å². The van der Waals surface area contributed by atoms with Gasteiger partial charge in [0.2, 0.25) is 0 Å². The quantitative estimate of drug-likeness (QED) is 0.421. The number of anilines is 1. The van der Waals surface area contributed by atoms with Gasteiger partial charge in [0.15, 0.2) is 0 Å². The van der Waals surface area contributed by atoms with Crippen molar-refractivity contribution in [1.82, 2.24) is 30.5 Å². The minimum Gasteiger partial charge on any atom is -0.354 e. The van der Waals surface area contributed by atoms with Crippen molar-refractivity contribution in [1.29, 1.82) is 0 Å². The van der Waals surface area contributed by atoms with Gasteiger partial charge in [0.1, 0.15) is 11.4 Å². The standard InChI is InChI=1S/C26H24FN7O2/c1-15-20(21-10-18(13-32-34-21)16-5-7-29-22(9-16)25(36)28-4)12-19(14-31-15)33-24(35)17-6-8-30-23(11-17)26(2,3)27/h5-14H,1-4H3,(H,28,36)(H,33,35). The highest BCUT2D eigenvalue weighted by Gasteiger charge is 2.22. The van der Waals surface area contributed by atoms with E-state index in [0.717, 1.165) is 11.1 Å². The molecule has 0 bridgehead atoms. The molecule has 0 atom stereocenters. The molecule has 2 N–H and O–H groups in total. The number of halogens is 1. The molecule has 4 heterocycles. The van der Waals surface area contributed by atoms with Gasteiger partial charge in [-0.3, -0.25) is 24.5 Å². The minimum atomic E-state index is -1.67. The van der Waals surface area contributed by atoms with Crippen molar-refractivity contribution >= 4 is 17.5 Å². The summed E-state index contributed by atoms with van der Waals surface area (Å²) >= 11 is 0. The van der Waals surface area contributed by atoms with E-state index in [9.17, 15) is 14.0 Å². The first-order valence-corrected chi connectivity index (χ1v) is 11.1. The van der Waals surface area contributed by atoms with Crippen LogP contribution in [-0.2, 0) is 5.67 Å². The highest BCUT2D eigenvalue weighted by atomic mass is 19.1. The molecular weight excluding hydrogens is 461 g/mol. The molecule has 10 heteroatoms. The van der Waals surface area contributed by atoms with Crippen molar-refractivity contribution in [3.05, 3.63) is 83.8 Å². The highest BCUT2D eigenvalue weighted by molar-refractivity contribution is 6.04. The molecule has 0 aliphatic carbocycles. The largest absolute Gasteiger partial charge is 0.354 e. The molecule has 0 spiro atoms. The van der Waals surface area contributed by atoms with Crippen LogP contribution in [0.15, 0.2) is 61.2 Å². The van der Waals surface area contributed by atoms with E-state index in [-0.39, 0.29) is 22.9 Å². The van der Waals surface area contributed by atoms with Crippen LogP contribution in [0.25, 0.3) is 22.4 Å². The first-order valence-electron chi connectivity index (χ1n) is 11.1. The molecule has 2 amide bonds. The number of rotatable bonds is 6. The van der Waals surface area contributed by atoms with Crippen LogP contribution in [0.3, 0.4) is 0 Å². The molecule has 0 aromatic carbocycles. The second kappa shape index (κ2) is 9.95. The zero-order valence-electron chi connectivity index (χ0n) is 20.2. The summed E-state index contributed by atoms with van der Waals surface area (Å²) in [5, 5.41) is 13.7. The number of hydrogen-bond donors (Lipinski definition) is 2. The van der Waals surface area contributed by atoms with Crippen LogP contribution in [0.4, 0.5) is 10.1 Å². The third-order valence-electron chi connectivity index (χ3n) is 5.46. The second-order valence-corrected chi connectivity index (χ2v) is 8.55. The predicted octanol–water partition coefficient (Wildman–Crippen LogP) is 4.12. The monoisotopic (exact) mass is 485 g/mol. The van der Waals surface area contributed by atoms with Crippen molar-refractivity contribution in [3.63, 3.8) is 0 Å². The minimum absolute atomic E-state index is 0.167. The third-order valence-corrected chi connectivity index (χ3v) is 5.46. The smallest absolute Gasteiger partial charge is 0.269 e. The summed E-state index contributed by atoms with van der Waals surface area (Å²) in [6.45, 7) is 4.59. The number of nitrogens with one attached hydrogen (secondary N) is 2. The van der Waals surface area contributed by atoms with Crippen LogP contribution >= 0.6 is 0 Å². The van der Waals surface area contributed by atoms with E-state index in [1.807, 2.05) is 13.0 Å².